The van der Waals surface area contributed by atoms with Crippen molar-refractivity contribution in [3.63, 3.8) is 0 Å². The average Bonchev–Trinajstić information content (AvgIpc) is 3.03. The van der Waals surface area contributed by atoms with Gasteiger partial charge in [-0.25, -0.2) is 0 Å². The fourth-order valence-electron chi connectivity index (χ4n) is 3.93. The molecule has 2 fully saturated rings. The molecule has 0 atom stereocenters. The molecule has 0 aromatic heterocycles. The lowest BCUT2D eigenvalue weighted by atomic mass is 10.0. The third-order valence-corrected chi connectivity index (χ3v) is 7.90. The molecule has 2 amide bonds. The van der Waals surface area contributed by atoms with E-state index in [0.29, 0.717) is 24.6 Å². The van der Waals surface area contributed by atoms with Gasteiger partial charge in [-0.15, -0.1) is 23.5 Å². The van der Waals surface area contributed by atoms with E-state index >= 15 is 0 Å². The number of carbonyl (C=O) groups excluding carboxylic acids is 2. The third-order valence-electron chi connectivity index (χ3n) is 5.38. The summed E-state index contributed by atoms with van der Waals surface area (Å²) in [5, 5.41) is 0. The van der Waals surface area contributed by atoms with Crippen LogP contribution in [-0.4, -0.2) is 46.2 Å². The summed E-state index contributed by atoms with van der Waals surface area (Å²) in [6.07, 6.45) is 1.64. The fraction of sp³-hybridized carbons (Fsp3) is 0.364. The number of hydrogen-bond donors (Lipinski definition) is 0. The largest absolute Gasteiger partial charge is 0.342 e. The number of benzene rings is 2. The van der Waals surface area contributed by atoms with E-state index in [2.05, 4.69) is 19.1 Å². The zero-order valence-corrected chi connectivity index (χ0v) is 17.6. The molecule has 28 heavy (non-hydrogen) atoms. The lowest BCUT2D eigenvalue weighted by Crippen LogP contribution is -2.53. The van der Waals surface area contributed by atoms with E-state index in [9.17, 15) is 9.59 Å². The smallest absolute Gasteiger partial charge is 0.238 e. The highest BCUT2D eigenvalue weighted by Crippen LogP contribution is 2.46. The van der Waals surface area contributed by atoms with Gasteiger partial charge < -0.3 is 4.90 Å². The summed E-state index contributed by atoms with van der Waals surface area (Å²) >= 11 is 3.32. The topological polar surface area (TPSA) is 40.6 Å². The van der Waals surface area contributed by atoms with Crippen LogP contribution in [0.4, 0.5) is 5.69 Å². The van der Waals surface area contributed by atoms with E-state index in [1.807, 2.05) is 52.3 Å². The summed E-state index contributed by atoms with van der Waals surface area (Å²) in [4.78, 5) is 30.2. The third kappa shape index (κ3) is 3.94. The molecule has 2 saturated heterocycles. The molecule has 2 aliphatic heterocycles. The number of nitrogens with zero attached hydrogens (tertiary/aromatic N) is 2. The highest BCUT2D eigenvalue weighted by atomic mass is 32.2. The number of thioether (sulfide) groups is 2. The standard InChI is InChI=1S/C22H24N2O2S2/c1-17-6-5-7-18(14-17)24-21(26)16-28-22(24)10-12-23(13-11-22)20(25)15-27-19-8-3-2-4-9-19/h2-9,14H,10-13,15-16H2,1H3. The van der Waals surface area contributed by atoms with Gasteiger partial charge in [0.2, 0.25) is 11.8 Å². The highest BCUT2D eigenvalue weighted by molar-refractivity contribution is 8.02. The number of amides is 2. The van der Waals surface area contributed by atoms with Crippen LogP contribution in [0.15, 0.2) is 59.5 Å². The molecular formula is C22H24N2O2S2. The summed E-state index contributed by atoms with van der Waals surface area (Å²) in [5.41, 5.74) is 2.14. The van der Waals surface area contributed by atoms with Gasteiger partial charge in [-0.1, -0.05) is 30.3 Å². The highest BCUT2D eigenvalue weighted by Gasteiger charge is 2.49. The Bertz CT molecular complexity index is 864. The Hall–Kier alpha value is -1.92. The lowest BCUT2D eigenvalue weighted by Gasteiger charge is -2.44. The number of carbonyl (C=O) groups is 2. The molecule has 2 heterocycles. The zero-order valence-electron chi connectivity index (χ0n) is 16.0. The quantitative estimate of drug-likeness (QED) is 0.706. The maximum Gasteiger partial charge on any atom is 0.238 e. The van der Waals surface area contributed by atoms with Crippen LogP contribution >= 0.6 is 23.5 Å². The first-order valence-corrected chi connectivity index (χ1v) is 11.5. The minimum Gasteiger partial charge on any atom is -0.342 e. The van der Waals surface area contributed by atoms with Crippen LogP contribution in [0.3, 0.4) is 0 Å². The van der Waals surface area contributed by atoms with Crippen molar-refractivity contribution in [2.75, 3.05) is 29.5 Å². The van der Waals surface area contributed by atoms with E-state index in [1.54, 1.807) is 23.5 Å². The molecule has 4 rings (SSSR count). The minimum absolute atomic E-state index is 0.176. The van der Waals surface area contributed by atoms with Gasteiger partial charge in [0, 0.05) is 23.7 Å². The number of hydrogen-bond acceptors (Lipinski definition) is 4. The Morgan fingerprint density at radius 2 is 1.86 bits per heavy atom. The molecule has 1 spiro atoms. The molecule has 0 N–H and O–H groups in total. The normalized spacial score (nSPS) is 18.7. The van der Waals surface area contributed by atoms with Gasteiger partial charge >= 0.3 is 0 Å². The summed E-state index contributed by atoms with van der Waals surface area (Å²) < 4.78 is 0. The van der Waals surface area contributed by atoms with Crippen molar-refractivity contribution in [2.24, 2.45) is 0 Å². The predicted molar refractivity (Wildman–Crippen MR) is 117 cm³/mol. The Morgan fingerprint density at radius 1 is 1.11 bits per heavy atom. The van der Waals surface area contributed by atoms with Crippen molar-refractivity contribution in [3.05, 3.63) is 60.2 Å². The van der Waals surface area contributed by atoms with Crippen LogP contribution in [0.5, 0.6) is 0 Å². The van der Waals surface area contributed by atoms with Gasteiger partial charge in [0.15, 0.2) is 0 Å². The summed E-state index contributed by atoms with van der Waals surface area (Å²) in [5.74, 6) is 1.34. The Balaban J connectivity index is 1.41. The summed E-state index contributed by atoms with van der Waals surface area (Å²) in [7, 11) is 0. The van der Waals surface area contributed by atoms with E-state index in [4.69, 9.17) is 0 Å². The van der Waals surface area contributed by atoms with E-state index < -0.39 is 0 Å². The monoisotopic (exact) mass is 412 g/mol. The first kappa shape index (κ1) is 19.4. The predicted octanol–water partition coefficient (Wildman–Crippen LogP) is 4.19. The summed E-state index contributed by atoms with van der Waals surface area (Å²) in [6, 6.07) is 18.2. The first-order valence-electron chi connectivity index (χ1n) is 9.57. The van der Waals surface area contributed by atoms with E-state index in [-0.39, 0.29) is 16.7 Å². The first-order chi connectivity index (χ1) is 13.6. The van der Waals surface area contributed by atoms with Gasteiger partial charge in [-0.3, -0.25) is 14.5 Å². The maximum atomic E-state index is 12.7. The summed E-state index contributed by atoms with van der Waals surface area (Å²) in [6.45, 7) is 3.46. The van der Waals surface area contributed by atoms with Crippen LogP contribution in [0, 0.1) is 6.92 Å². The molecule has 0 unspecified atom stereocenters. The van der Waals surface area contributed by atoms with Gasteiger partial charge in [-0.2, -0.15) is 0 Å². The minimum atomic E-state index is -0.214. The van der Waals surface area contributed by atoms with E-state index in [0.717, 1.165) is 29.0 Å². The van der Waals surface area contributed by atoms with Crippen molar-refractivity contribution >= 4 is 41.0 Å². The van der Waals surface area contributed by atoms with Gasteiger partial charge in [0.1, 0.15) is 0 Å². The SMILES string of the molecule is Cc1cccc(N2C(=O)CSC23CCN(C(=O)CSc2ccccc2)CC3)c1. The van der Waals surface area contributed by atoms with Crippen molar-refractivity contribution in [2.45, 2.75) is 29.5 Å². The molecule has 0 saturated carbocycles. The average molecular weight is 413 g/mol. The van der Waals surface area contributed by atoms with Crippen molar-refractivity contribution < 1.29 is 9.59 Å². The van der Waals surface area contributed by atoms with Crippen molar-refractivity contribution in [3.8, 4) is 0 Å². The van der Waals surface area contributed by atoms with Crippen molar-refractivity contribution in [1.82, 2.24) is 4.90 Å². The number of rotatable bonds is 4. The van der Waals surface area contributed by atoms with Crippen LogP contribution < -0.4 is 4.90 Å². The molecule has 146 valence electrons. The second kappa shape index (κ2) is 8.21. The van der Waals surface area contributed by atoms with Crippen LogP contribution in [-0.2, 0) is 9.59 Å². The van der Waals surface area contributed by atoms with Crippen LogP contribution in [0.1, 0.15) is 18.4 Å². The molecule has 6 heteroatoms. The Morgan fingerprint density at radius 3 is 2.57 bits per heavy atom. The Labute approximate surface area is 174 Å². The van der Waals surface area contributed by atoms with Crippen LogP contribution in [0.2, 0.25) is 0 Å². The lowest BCUT2D eigenvalue weighted by molar-refractivity contribution is -0.129. The Kier molecular flexibility index (Phi) is 5.69. The van der Waals surface area contributed by atoms with E-state index in [1.165, 1.54) is 0 Å². The zero-order chi connectivity index (χ0) is 19.6. The van der Waals surface area contributed by atoms with Gasteiger partial charge in [0.25, 0.3) is 0 Å². The molecule has 0 bridgehead atoms. The second-order valence-corrected chi connectivity index (χ2v) is 9.67. The van der Waals surface area contributed by atoms with Gasteiger partial charge in [-0.05, 0) is 49.6 Å². The maximum absolute atomic E-state index is 12.7. The number of anilines is 1. The molecule has 2 aliphatic rings. The molecular weight excluding hydrogens is 388 g/mol. The fourth-order valence-corrected chi connectivity index (χ4v) is 6.08. The number of aryl methyl sites for hydroxylation is 1. The molecule has 0 aliphatic carbocycles. The van der Waals surface area contributed by atoms with Gasteiger partial charge in [0.05, 0.1) is 16.4 Å². The molecule has 2 aromatic rings. The second-order valence-electron chi connectivity index (χ2n) is 7.29. The van der Waals surface area contributed by atoms with Crippen LogP contribution in [0.25, 0.3) is 0 Å². The molecule has 4 nitrogen and oxygen atoms in total. The number of piperidine rings is 1. The number of likely N-dealkylation sites (tertiary alicyclic amines) is 1. The molecule has 0 radical (unpaired) electrons. The molecule has 2 aromatic carbocycles. The van der Waals surface area contributed by atoms with Crippen molar-refractivity contribution in [1.29, 1.82) is 0 Å².